The molecule has 0 aromatic rings. The van der Waals surface area contributed by atoms with Gasteiger partial charge >= 0.3 is 6.09 Å². The zero-order valence-corrected chi connectivity index (χ0v) is 18.0. The van der Waals surface area contributed by atoms with Crippen molar-refractivity contribution in [3.8, 4) is 0 Å². The Labute approximate surface area is 168 Å². The van der Waals surface area contributed by atoms with Crippen LogP contribution in [0, 0.1) is 11.3 Å². The summed E-state index contributed by atoms with van der Waals surface area (Å²) in [6, 6.07) is 0. The molecule has 2 saturated carbocycles. The number of amides is 1. The minimum Gasteiger partial charge on any atom is -0.450 e. The Balaban J connectivity index is 0.00000225. The monoisotopic (exact) mass is 464 g/mol. The molecule has 1 amide bonds. The van der Waals surface area contributed by atoms with Crippen molar-refractivity contribution in [3.05, 3.63) is 0 Å². The van der Waals surface area contributed by atoms with E-state index in [0.29, 0.717) is 25.1 Å². The molecule has 0 bridgehead atoms. The van der Waals surface area contributed by atoms with Crippen LogP contribution in [0.1, 0.15) is 46.0 Å². The predicted octanol–water partition coefficient (Wildman–Crippen LogP) is 2.92. The predicted molar refractivity (Wildman–Crippen MR) is 111 cm³/mol. The van der Waals surface area contributed by atoms with Crippen LogP contribution in [0.3, 0.4) is 0 Å². The fourth-order valence-corrected chi connectivity index (χ4v) is 4.00. The van der Waals surface area contributed by atoms with Crippen molar-refractivity contribution in [1.82, 2.24) is 15.1 Å². The van der Waals surface area contributed by atoms with Crippen LogP contribution >= 0.6 is 24.0 Å². The minimum absolute atomic E-state index is 0. The van der Waals surface area contributed by atoms with E-state index >= 15 is 0 Å². The van der Waals surface area contributed by atoms with Gasteiger partial charge in [0.05, 0.1) is 6.61 Å². The lowest BCUT2D eigenvalue weighted by atomic mass is 9.65. The second-order valence-corrected chi connectivity index (χ2v) is 7.33. The van der Waals surface area contributed by atoms with Crippen molar-refractivity contribution < 1.29 is 9.53 Å². The summed E-state index contributed by atoms with van der Waals surface area (Å²) in [7, 11) is 0. The first-order chi connectivity index (χ1) is 11.7. The normalized spacial score (nSPS) is 22.7. The van der Waals surface area contributed by atoms with E-state index in [0.717, 1.165) is 38.1 Å². The molecule has 3 fully saturated rings. The molecule has 1 N–H and O–H groups in total. The van der Waals surface area contributed by atoms with Gasteiger partial charge in [0.15, 0.2) is 5.96 Å². The fraction of sp³-hybridized carbons (Fsp3) is 0.889. The van der Waals surface area contributed by atoms with Gasteiger partial charge in [-0.15, -0.1) is 24.0 Å². The summed E-state index contributed by atoms with van der Waals surface area (Å²) >= 11 is 0. The number of guanidine groups is 1. The van der Waals surface area contributed by atoms with E-state index in [1.54, 1.807) is 4.90 Å². The highest BCUT2D eigenvalue weighted by molar-refractivity contribution is 14.0. The topological polar surface area (TPSA) is 57.2 Å². The molecule has 25 heavy (non-hydrogen) atoms. The Hall–Kier alpha value is -0.730. The standard InChI is InChI=1S/C18H32N4O2.HI/c1-3-19-16(20-14-18(8-5-9-18)15-6-7-15)21-10-12-22(13-11-21)17(23)24-4-2;/h15H,3-14H2,1-2H3,(H,19,20);1H. The smallest absolute Gasteiger partial charge is 0.409 e. The summed E-state index contributed by atoms with van der Waals surface area (Å²) in [5.74, 6) is 1.95. The molecule has 7 heteroatoms. The lowest BCUT2D eigenvalue weighted by Crippen LogP contribution is -2.54. The maximum absolute atomic E-state index is 11.8. The van der Waals surface area contributed by atoms with Crippen LogP contribution in [0.2, 0.25) is 0 Å². The number of carbonyl (C=O) groups excluding carboxylic acids is 1. The van der Waals surface area contributed by atoms with Crippen molar-refractivity contribution in [2.24, 2.45) is 16.3 Å². The van der Waals surface area contributed by atoms with Crippen LogP contribution < -0.4 is 5.32 Å². The Kier molecular flexibility index (Phi) is 7.64. The van der Waals surface area contributed by atoms with Crippen molar-refractivity contribution >= 4 is 36.0 Å². The third-order valence-electron chi connectivity index (χ3n) is 5.78. The number of nitrogens with zero attached hydrogens (tertiary/aromatic N) is 3. The largest absolute Gasteiger partial charge is 0.450 e. The van der Waals surface area contributed by atoms with Gasteiger partial charge in [0.25, 0.3) is 0 Å². The number of carbonyl (C=O) groups is 1. The molecule has 0 aromatic carbocycles. The summed E-state index contributed by atoms with van der Waals surface area (Å²) in [6.45, 7) is 9.30. The summed E-state index contributed by atoms with van der Waals surface area (Å²) in [5.41, 5.74) is 0.507. The number of nitrogens with one attached hydrogen (secondary N) is 1. The summed E-state index contributed by atoms with van der Waals surface area (Å²) < 4.78 is 5.09. The summed E-state index contributed by atoms with van der Waals surface area (Å²) in [5, 5.41) is 3.44. The fourth-order valence-electron chi connectivity index (χ4n) is 4.00. The minimum atomic E-state index is -0.193. The molecule has 0 aromatic heterocycles. The van der Waals surface area contributed by atoms with E-state index in [-0.39, 0.29) is 30.1 Å². The lowest BCUT2D eigenvalue weighted by molar-refractivity contribution is 0.0908. The summed E-state index contributed by atoms with van der Waals surface area (Å²) in [6.07, 6.45) is 6.71. The Bertz CT molecular complexity index is 470. The highest BCUT2D eigenvalue weighted by Gasteiger charge is 2.48. The second kappa shape index (κ2) is 9.28. The van der Waals surface area contributed by atoms with E-state index in [9.17, 15) is 4.79 Å². The maximum Gasteiger partial charge on any atom is 0.409 e. The molecule has 0 atom stereocenters. The van der Waals surface area contributed by atoms with Crippen molar-refractivity contribution in [1.29, 1.82) is 0 Å². The molecule has 0 unspecified atom stereocenters. The van der Waals surface area contributed by atoms with Crippen LogP contribution in [0.5, 0.6) is 0 Å². The van der Waals surface area contributed by atoms with Gasteiger partial charge in [-0.2, -0.15) is 0 Å². The SMILES string of the molecule is CCNC(=NCC1(C2CC2)CCC1)N1CCN(C(=O)OCC)CC1.I. The Morgan fingerprint density at radius 1 is 1.16 bits per heavy atom. The second-order valence-electron chi connectivity index (χ2n) is 7.33. The van der Waals surface area contributed by atoms with Crippen LogP contribution in [-0.2, 0) is 4.74 Å². The van der Waals surface area contributed by atoms with Gasteiger partial charge in [0, 0.05) is 39.3 Å². The first-order valence-corrected chi connectivity index (χ1v) is 9.63. The van der Waals surface area contributed by atoms with Crippen LogP contribution in [-0.4, -0.2) is 67.7 Å². The van der Waals surface area contributed by atoms with Gasteiger partial charge in [-0.25, -0.2) is 4.79 Å². The number of halogens is 1. The van der Waals surface area contributed by atoms with Gasteiger partial charge in [-0.1, -0.05) is 6.42 Å². The van der Waals surface area contributed by atoms with E-state index in [1.807, 2.05) is 6.92 Å². The molecule has 3 aliphatic rings. The quantitative estimate of drug-likeness (QED) is 0.386. The van der Waals surface area contributed by atoms with Crippen molar-refractivity contribution in [2.75, 3.05) is 45.9 Å². The number of hydrogen-bond donors (Lipinski definition) is 1. The zero-order valence-electron chi connectivity index (χ0n) is 15.6. The van der Waals surface area contributed by atoms with E-state index in [4.69, 9.17) is 9.73 Å². The third kappa shape index (κ3) is 4.92. The highest BCUT2D eigenvalue weighted by Crippen LogP contribution is 2.57. The number of aliphatic imine (C=N–C) groups is 1. The number of rotatable bonds is 5. The van der Waals surface area contributed by atoms with Gasteiger partial charge in [0.1, 0.15) is 0 Å². The van der Waals surface area contributed by atoms with E-state index < -0.39 is 0 Å². The molecule has 144 valence electrons. The van der Waals surface area contributed by atoms with Crippen LogP contribution in [0.15, 0.2) is 4.99 Å². The molecular weight excluding hydrogens is 431 g/mol. The first-order valence-electron chi connectivity index (χ1n) is 9.63. The molecule has 1 heterocycles. The molecule has 6 nitrogen and oxygen atoms in total. The average molecular weight is 464 g/mol. The Morgan fingerprint density at radius 2 is 1.80 bits per heavy atom. The van der Waals surface area contributed by atoms with Gasteiger partial charge < -0.3 is 19.9 Å². The molecule has 1 aliphatic heterocycles. The lowest BCUT2D eigenvalue weighted by Gasteiger charge is -2.42. The molecule has 0 spiro atoms. The van der Waals surface area contributed by atoms with E-state index in [2.05, 4.69) is 17.1 Å². The molecule has 0 radical (unpaired) electrons. The average Bonchev–Trinajstić information content (AvgIpc) is 3.38. The van der Waals surface area contributed by atoms with E-state index in [1.165, 1.54) is 32.1 Å². The number of hydrogen-bond acceptors (Lipinski definition) is 3. The number of ether oxygens (including phenoxy) is 1. The zero-order chi connectivity index (χ0) is 17.0. The molecule has 2 aliphatic carbocycles. The van der Waals surface area contributed by atoms with Gasteiger partial charge in [-0.3, -0.25) is 4.99 Å². The van der Waals surface area contributed by atoms with Crippen molar-refractivity contribution in [2.45, 2.75) is 46.0 Å². The maximum atomic E-state index is 11.8. The van der Waals surface area contributed by atoms with Crippen molar-refractivity contribution in [3.63, 3.8) is 0 Å². The third-order valence-corrected chi connectivity index (χ3v) is 5.78. The summed E-state index contributed by atoms with van der Waals surface area (Å²) in [4.78, 5) is 20.9. The first kappa shape index (κ1) is 20.6. The van der Waals surface area contributed by atoms with Gasteiger partial charge in [0.2, 0.25) is 0 Å². The number of piperazine rings is 1. The van der Waals surface area contributed by atoms with Gasteiger partial charge in [-0.05, 0) is 50.9 Å². The Morgan fingerprint density at radius 3 is 2.28 bits per heavy atom. The van der Waals surface area contributed by atoms with Crippen LogP contribution in [0.4, 0.5) is 4.79 Å². The van der Waals surface area contributed by atoms with Crippen LogP contribution in [0.25, 0.3) is 0 Å². The molecular formula is C18H33IN4O2. The molecule has 1 saturated heterocycles. The highest BCUT2D eigenvalue weighted by atomic mass is 127. The molecule has 3 rings (SSSR count).